The van der Waals surface area contributed by atoms with E-state index in [1.807, 2.05) is 6.07 Å². The summed E-state index contributed by atoms with van der Waals surface area (Å²) in [5.41, 5.74) is -0.845. The maximum Gasteiger partial charge on any atom is 0.190 e. The van der Waals surface area contributed by atoms with Gasteiger partial charge in [-0.2, -0.15) is 5.26 Å². The Bertz CT molecular complexity index is 365. The molecule has 0 bridgehead atoms. The first-order valence-electron chi connectivity index (χ1n) is 5.23. The van der Waals surface area contributed by atoms with Crippen LogP contribution >= 0.6 is 0 Å². The van der Waals surface area contributed by atoms with Gasteiger partial charge in [-0.1, -0.05) is 0 Å². The largest absolute Gasteiger partial charge is 0.394 e. The normalized spacial score (nSPS) is 52.6. The first-order valence-corrected chi connectivity index (χ1v) is 5.23. The fourth-order valence-electron chi connectivity index (χ4n) is 2.53. The average molecular weight is 227 g/mol. The molecule has 3 saturated heterocycles. The van der Waals surface area contributed by atoms with E-state index in [0.29, 0.717) is 0 Å². The quantitative estimate of drug-likeness (QED) is 0.609. The Morgan fingerprint density at radius 2 is 2.06 bits per heavy atom. The first kappa shape index (κ1) is 10.4. The molecule has 1 N–H and O–H groups in total. The lowest BCUT2D eigenvalue weighted by Crippen LogP contribution is -2.41. The van der Waals surface area contributed by atoms with Crippen LogP contribution in [0, 0.1) is 11.3 Å². The number of epoxide rings is 1. The highest BCUT2D eigenvalue weighted by molar-refractivity contribution is 5.25. The van der Waals surface area contributed by atoms with Crippen molar-refractivity contribution in [2.75, 3.05) is 6.61 Å². The zero-order chi connectivity index (χ0) is 11.6. The van der Waals surface area contributed by atoms with Crippen molar-refractivity contribution in [3.63, 3.8) is 0 Å². The van der Waals surface area contributed by atoms with E-state index >= 15 is 0 Å². The van der Waals surface area contributed by atoms with Crippen LogP contribution in [0.2, 0.25) is 0 Å². The van der Waals surface area contributed by atoms with Crippen molar-refractivity contribution in [2.45, 2.75) is 49.8 Å². The molecule has 5 atom stereocenters. The van der Waals surface area contributed by atoms with Gasteiger partial charge in [0.05, 0.1) is 12.7 Å². The van der Waals surface area contributed by atoms with Crippen LogP contribution in [0.25, 0.3) is 0 Å². The van der Waals surface area contributed by atoms with Crippen molar-refractivity contribution in [3.05, 3.63) is 0 Å². The monoisotopic (exact) mass is 227 g/mol. The summed E-state index contributed by atoms with van der Waals surface area (Å²) < 4.78 is 22.1. The third-order valence-corrected chi connectivity index (χ3v) is 3.26. The van der Waals surface area contributed by atoms with Gasteiger partial charge in [0.1, 0.15) is 12.2 Å². The summed E-state index contributed by atoms with van der Waals surface area (Å²) in [5, 5.41) is 18.1. The molecule has 0 unspecified atom stereocenters. The van der Waals surface area contributed by atoms with Crippen LogP contribution in [0.3, 0.4) is 0 Å². The summed E-state index contributed by atoms with van der Waals surface area (Å²) >= 11 is 0. The number of aliphatic hydroxyl groups is 1. The molecule has 0 aromatic carbocycles. The topological polar surface area (TPSA) is 84.2 Å². The average Bonchev–Trinajstić information content (AvgIpc) is 2.79. The number of aliphatic hydroxyl groups excluding tert-OH is 1. The van der Waals surface area contributed by atoms with Gasteiger partial charge in [0, 0.05) is 0 Å². The van der Waals surface area contributed by atoms with E-state index in [1.54, 1.807) is 13.8 Å². The molecular formula is C10H13NO5. The molecule has 3 heterocycles. The number of nitrogens with zero attached hydrogens (tertiary/aromatic N) is 1. The lowest BCUT2D eigenvalue weighted by Gasteiger charge is -2.22. The fourth-order valence-corrected chi connectivity index (χ4v) is 2.53. The van der Waals surface area contributed by atoms with E-state index in [4.69, 9.17) is 24.2 Å². The summed E-state index contributed by atoms with van der Waals surface area (Å²) in [6, 6.07) is 2.03. The van der Waals surface area contributed by atoms with Gasteiger partial charge in [0.25, 0.3) is 0 Å². The number of hydrogen-bond acceptors (Lipinski definition) is 6. The fraction of sp³-hybridized carbons (Fsp3) is 0.900. The highest BCUT2D eigenvalue weighted by Gasteiger charge is 2.77. The Morgan fingerprint density at radius 3 is 2.62 bits per heavy atom. The Hall–Kier alpha value is -0.710. The second-order valence-electron chi connectivity index (χ2n) is 4.71. The molecule has 0 aromatic heterocycles. The number of rotatable bonds is 1. The zero-order valence-corrected chi connectivity index (χ0v) is 9.04. The van der Waals surface area contributed by atoms with Gasteiger partial charge in [0.2, 0.25) is 0 Å². The second kappa shape index (κ2) is 2.94. The third-order valence-electron chi connectivity index (χ3n) is 3.26. The molecular weight excluding hydrogens is 214 g/mol. The van der Waals surface area contributed by atoms with E-state index in [2.05, 4.69) is 0 Å². The number of nitriles is 1. The second-order valence-corrected chi connectivity index (χ2v) is 4.71. The maximum atomic E-state index is 9.21. The predicted octanol–water partition coefficient (Wildman–Crippen LogP) is -0.484. The van der Waals surface area contributed by atoms with Crippen molar-refractivity contribution in [1.29, 1.82) is 5.26 Å². The molecule has 1 spiro atoms. The van der Waals surface area contributed by atoms with Gasteiger partial charge in [-0.05, 0) is 13.8 Å². The standard InChI is InChI=1S/C10H13NO5/c1-9(2)15-7-8(16-9)13-6(4-12)10(7)5(3-11)14-10/h5-8,12H,4H2,1-2H3/t5-,6+,7-,8+,10-/m0/s1. The predicted molar refractivity (Wildman–Crippen MR) is 49.0 cm³/mol. The van der Waals surface area contributed by atoms with E-state index < -0.39 is 36.0 Å². The van der Waals surface area contributed by atoms with Crippen molar-refractivity contribution in [3.8, 4) is 6.07 Å². The lowest BCUT2D eigenvalue weighted by molar-refractivity contribution is -0.214. The van der Waals surface area contributed by atoms with Crippen molar-refractivity contribution >= 4 is 0 Å². The molecule has 0 amide bonds. The molecule has 3 rings (SSSR count). The first-order chi connectivity index (χ1) is 7.53. The molecule has 3 aliphatic heterocycles. The zero-order valence-electron chi connectivity index (χ0n) is 9.04. The van der Waals surface area contributed by atoms with Gasteiger partial charge >= 0.3 is 0 Å². The maximum absolute atomic E-state index is 9.21. The van der Waals surface area contributed by atoms with E-state index in [0.717, 1.165) is 0 Å². The van der Waals surface area contributed by atoms with E-state index in [9.17, 15) is 5.11 Å². The summed E-state index contributed by atoms with van der Waals surface area (Å²) in [6.07, 6.45) is -2.14. The van der Waals surface area contributed by atoms with Crippen molar-refractivity contribution in [1.82, 2.24) is 0 Å². The van der Waals surface area contributed by atoms with Crippen molar-refractivity contribution in [2.24, 2.45) is 0 Å². The van der Waals surface area contributed by atoms with Gasteiger partial charge < -0.3 is 24.1 Å². The van der Waals surface area contributed by atoms with Gasteiger partial charge in [-0.15, -0.1) is 0 Å². The van der Waals surface area contributed by atoms with Crippen LogP contribution in [-0.4, -0.2) is 47.7 Å². The Kier molecular flexibility index (Phi) is 1.92. The van der Waals surface area contributed by atoms with Crippen LogP contribution in [0.15, 0.2) is 0 Å². The Morgan fingerprint density at radius 1 is 1.31 bits per heavy atom. The van der Waals surface area contributed by atoms with Crippen LogP contribution in [0.5, 0.6) is 0 Å². The van der Waals surface area contributed by atoms with Crippen LogP contribution in [0.1, 0.15) is 13.8 Å². The number of hydrogen-bond donors (Lipinski definition) is 1. The summed E-state index contributed by atoms with van der Waals surface area (Å²) in [5.74, 6) is -0.741. The molecule has 6 heteroatoms. The van der Waals surface area contributed by atoms with Gasteiger partial charge in [-0.25, -0.2) is 0 Å². The minimum absolute atomic E-state index is 0.210. The molecule has 16 heavy (non-hydrogen) atoms. The molecule has 0 aliphatic carbocycles. The van der Waals surface area contributed by atoms with Gasteiger partial charge in [0.15, 0.2) is 23.8 Å². The molecule has 3 aliphatic rings. The van der Waals surface area contributed by atoms with E-state index in [-0.39, 0.29) is 6.61 Å². The molecule has 0 saturated carbocycles. The van der Waals surface area contributed by atoms with Crippen LogP contribution in [-0.2, 0) is 18.9 Å². The summed E-state index contributed by atoms with van der Waals surface area (Å²) in [4.78, 5) is 0. The lowest BCUT2D eigenvalue weighted by atomic mass is 9.95. The molecule has 0 aromatic rings. The molecule has 0 radical (unpaired) electrons. The van der Waals surface area contributed by atoms with Gasteiger partial charge in [-0.3, -0.25) is 0 Å². The molecule has 88 valence electrons. The molecule has 3 fully saturated rings. The highest BCUT2D eigenvalue weighted by Crippen LogP contribution is 2.55. The molecule has 6 nitrogen and oxygen atoms in total. The van der Waals surface area contributed by atoms with Crippen LogP contribution in [0.4, 0.5) is 0 Å². The van der Waals surface area contributed by atoms with Crippen molar-refractivity contribution < 1.29 is 24.1 Å². The highest BCUT2D eigenvalue weighted by atomic mass is 16.9. The summed E-state index contributed by atoms with van der Waals surface area (Å²) in [6.45, 7) is 3.35. The van der Waals surface area contributed by atoms with Crippen LogP contribution < -0.4 is 0 Å². The number of ether oxygens (including phenoxy) is 4. The van der Waals surface area contributed by atoms with E-state index in [1.165, 1.54) is 0 Å². The Balaban J connectivity index is 1.89. The smallest absolute Gasteiger partial charge is 0.190 e. The summed E-state index contributed by atoms with van der Waals surface area (Å²) in [7, 11) is 0. The number of fused-ring (bicyclic) bond motifs is 2. The SMILES string of the molecule is CC1(C)O[C@H]2O[C@H](CO)[C@]3(O[C@H]3C#N)[C@H]2O1. The minimum atomic E-state index is -0.845. The minimum Gasteiger partial charge on any atom is -0.394 e. The Labute approximate surface area is 92.6 Å². The third kappa shape index (κ3) is 1.12.